The molecule has 0 bridgehead atoms. The van der Waals surface area contributed by atoms with Crippen molar-refractivity contribution < 1.29 is 9.53 Å². The summed E-state index contributed by atoms with van der Waals surface area (Å²) in [7, 11) is 1.81. The maximum Gasteiger partial charge on any atom is 0.167 e. The van der Waals surface area contributed by atoms with Gasteiger partial charge < -0.3 is 10.1 Å². The molecule has 1 saturated heterocycles. The molecule has 1 aliphatic heterocycles. The Morgan fingerprint density at radius 3 is 3.12 bits per heavy atom. The second-order valence-corrected chi connectivity index (χ2v) is 4.33. The summed E-state index contributed by atoms with van der Waals surface area (Å²) < 4.78 is 7.04. The van der Waals surface area contributed by atoms with Crippen molar-refractivity contribution in [3.05, 3.63) is 18.0 Å². The van der Waals surface area contributed by atoms with Gasteiger partial charge in [-0.25, -0.2) is 0 Å². The summed E-state index contributed by atoms with van der Waals surface area (Å²) in [6.45, 7) is 3.38. The molecule has 1 aliphatic rings. The third-order valence-corrected chi connectivity index (χ3v) is 2.67. The number of nitrogens with zero attached hydrogens (tertiary/aromatic N) is 2. The van der Waals surface area contributed by atoms with Gasteiger partial charge in [0.15, 0.2) is 5.78 Å². The van der Waals surface area contributed by atoms with Gasteiger partial charge in [0.25, 0.3) is 0 Å². The number of rotatable bonds is 3. The quantitative estimate of drug-likeness (QED) is 0.752. The van der Waals surface area contributed by atoms with E-state index in [0.29, 0.717) is 24.6 Å². The van der Waals surface area contributed by atoms with Crippen molar-refractivity contribution >= 4 is 5.78 Å². The minimum atomic E-state index is 0.114. The first kappa shape index (κ1) is 11.3. The summed E-state index contributed by atoms with van der Waals surface area (Å²) >= 11 is 0. The number of hydrogen-bond acceptors (Lipinski definition) is 4. The van der Waals surface area contributed by atoms with Gasteiger partial charge in [-0.1, -0.05) is 0 Å². The van der Waals surface area contributed by atoms with Crippen LogP contribution in [0.3, 0.4) is 0 Å². The maximum atomic E-state index is 11.9. The Morgan fingerprint density at radius 1 is 1.69 bits per heavy atom. The highest BCUT2D eigenvalue weighted by molar-refractivity contribution is 5.96. The lowest BCUT2D eigenvalue weighted by atomic mass is 10.1. The predicted molar refractivity (Wildman–Crippen MR) is 59.4 cm³/mol. The van der Waals surface area contributed by atoms with Crippen molar-refractivity contribution in [3.63, 3.8) is 0 Å². The van der Waals surface area contributed by atoms with Gasteiger partial charge in [-0.05, 0) is 6.92 Å². The fourth-order valence-electron chi connectivity index (χ4n) is 1.91. The minimum absolute atomic E-state index is 0.114. The molecule has 2 unspecified atom stereocenters. The van der Waals surface area contributed by atoms with Gasteiger partial charge in [-0.3, -0.25) is 9.48 Å². The van der Waals surface area contributed by atoms with Crippen molar-refractivity contribution in [2.75, 3.05) is 13.2 Å². The van der Waals surface area contributed by atoms with Gasteiger partial charge in [0.05, 0.1) is 25.0 Å². The number of carbonyl (C=O) groups excluding carboxylic acids is 1. The van der Waals surface area contributed by atoms with Crippen molar-refractivity contribution in [1.82, 2.24) is 15.1 Å². The average molecular weight is 223 g/mol. The molecule has 5 heteroatoms. The van der Waals surface area contributed by atoms with Crippen LogP contribution in [0.2, 0.25) is 0 Å². The van der Waals surface area contributed by atoms with E-state index in [0.717, 1.165) is 6.61 Å². The van der Waals surface area contributed by atoms with Gasteiger partial charge in [0.2, 0.25) is 0 Å². The maximum absolute atomic E-state index is 11.9. The number of carbonyl (C=O) groups is 1. The Labute approximate surface area is 94.8 Å². The molecule has 1 fully saturated rings. The van der Waals surface area contributed by atoms with Crippen LogP contribution >= 0.6 is 0 Å². The van der Waals surface area contributed by atoms with Crippen LogP contribution in [0, 0.1) is 0 Å². The minimum Gasteiger partial charge on any atom is -0.378 e. The molecule has 5 nitrogen and oxygen atoms in total. The largest absolute Gasteiger partial charge is 0.378 e. The highest BCUT2D eigenvalue weighted by Crippen LogP contribution is 2.08. The Balaban J connectivity index is 1.92. The molecule has 0 amide bonds. The van der Waals surface area contributed by atoms with Gasteiger partial charge in [0, 0.05) is 31.7 Å². The summed E-state index contributed by atoms with van der Waals surface area (Å²) in [5.74, 6) is 0.114. The van der Waals surface area contributed by atoms with Gasteiger partial charge in [0.1, 0.15) is 0 Å². The Kier molecular flexibility index (Phi) is 3.36. The third kappa shape index (κ3) is 2.68. The van der Waals surface area contributed by atoms with Crippen molar-refractivity contribution in [2.24, 2.45) is 7.05 Å². The number of nitrogens with one attached hydrogen (secondary N) is 1. The summed E-state index contributed by atoms with van der Waals surface area (Å²) in [4.78, 5) is 11.9. The second-order valence-electron chi connectivity index (χ2n) is 4.33. The zero-order valence-electron chi connectivity index (χ0n) is 9.64. The topological polar surface area (TPSA) is 56.1 Å². The van der Waals surface area contributed by atoms with Gasteiger partial charge >= 0.3 is 0 Å². The molecule has 2 heterocycles. The zero-order valence-corrected chi connectivity index (χ0v) is 9.64. The molecule has 0 saturated carbocycles. The molecule has 0 aliphatic carbocycles. The lowest BCUT2D eigenvalue weighted by Crippen LogP contribution is -2.48. The number of aryl methyl sites for hydroxylation is 1. The molecule has 88 valence electrons. The Morgan fingerprint density at radius 2 is 2.50 bits per heavy atom. The summed E-state index contributed by atoms with van der Waals surface area (Å²) in [6, 6.07) is 0.442. The predicted octanol–water partition coefficient (Wildman–Crippen LogP) is 0.370. The van der Waals surface area contributed by atoms with E-state index in [4.69, 9.17) is 4.74 Å². The molecule has 1 aromatic rings. The van der Waals surface area contributed by atoms with Crippen LogP contribution in [0.25, 0.3) is 0 Å². The number of ketones is 1. The first-order valence-corrected chi connectivity index (χ1v) is 5.51. The van der Waals surface area contributed by atoms with E-state index >= 15 is 0 Å². The van der Waals surface area contributed by atoms with Crippen molar-refractivity contribution in [3.8, 4) is 0 Å². The zero-order chi connectivity index (χ0) is 11.5. The van der Waals surface area contributed by atoms with E-state index in [1.165, 1.54) is 0 Å². The number of ether oxygens (including phenoxy) is 1. The number of morpholine rings is 1. The lowest BCUT2D eigenvalue weighted by Gasteiger charge is -2.28. The monoisotopic (exact) mass is 223 g/mol. The Bertz CT molecular complexity index is 375. The molecule has 0 radical (unpaired) electrons. The van der Waals surface area contributed by atoms with E-state index in [1.54, 1.807) is 24.1 Å². The molecule has 1 N–H and O–H groups in total. The first-order chi connectivity index (χ1) is 7.65. The Hall–Kier alpha value is -1.20. The van der Waals surface area contributed by atoms with E-state index in [-0.39, 0.29) is 11.8 Å². The van der Waals surface area contributed by atoms with Crippen LogP contribution in [0.5, 0.6) is 0 Å². The van der Waals surface area contributed by atoms with Crippen LogP contribution < -0.4 is 5.32 Å². The summed E-state index contributed by atoms with van der Waals surface area (Å²) in [5.41, 5.74) is 0.669. The summed E-state index contributed by atoms with van der Waals surface area (Å²) in [5, 5.41) is 7.34. The van der Waals surface area contributed by atoms with Crippen LogP contribution in [0.4, 0.5) is 0 Å². The molecule has 16 heavy (non-hydrogen) atoms. The van der Waals surface area contributed by atoms with Crippen LogP contribution in [0.1, 0.15) is 23.7 Å². The molecule has 2 atom stereocenters. The van der Waals surface area contributed by atoms with Gasteiger partial charge in [-0.2, -0.15) is 5.10 Å². The molecule has 1 aromatic heterocycles. The first-order valence-electron chi connectivity index (χ1n) is 5.51. The fourth-order valence-corrected chi connectivity index (χ4v) is 1.91. The SMILES string of the molecule is CC1COCC(CC(=O)c2cnn(C)c2)N1. The third-order valence-electron chi connectivity index (χ3n) is 2.67. The molecular weight excluding hydrogens is 206 g/mol. The highest BCUT2D eigenvalue weighted by Gasteiger charge is 2.21. The smallest absolute Gasteiger partial charge is 0.167 e. The molecule has 2 rings (SSSR count). The standard InChI is InChI=1S/C11H17N3O2/c1-8-6-16-7-10(13-8)3-11(15)9-4-12-14(2)5-9/h4-5,8,10,13H,3,6-7H2,1-2H3. The van der Waals surface area contributed by atoms with Crippen molar-refractivity contribution in [2.45, 2.75) is 25.4 Å². The molecule has 0 aromatic carbocycles. The van der Waals surface area contributed by atoms with E-state index in [1.807, 2.05) is 0 Å². The fraction of sp³-hybridized carbons (Fsp3) is 0.636. The number of hydrogen-bond donors (Lipinski definition) is 1. The average Bonchev–Trinajstić information content (AvgIpc) is 2.65. The van der Waals surface area contributed by atoms with Crippen molar-refractivity contribution in [1.29, 1.82) is 0 Å². The number of aromatic nitrogens is 2. The van der Waals surface area contributed by atoms with E-state index < -0.39 is 0 Å². The molecule has 0 spiro atoms. The van der Waals surface area contributed by atoms with Crippen LogP contribution in [-0.2, 0) is 11.8 Å². The van der Waals surface area contributed by atoms with Gasteiger partial charge in [-0.15, -0.1) is 0 Å². The second kappa shape index (κ2) is 4.76. The van der Waals surface area contributed by atoms with E-state index in [2.05, 4.69) is 17.3 Å². The highest BCUT2D eigenvalue weighted by atomic mass is 16.5. The lowest BCUT2D eigenvalue weighted by molar-refractivity contribution is 0.0463. The van der Waals surface area contributed by atoms with Crippen LogP contribution in [0.15, 0.2) is 12.4 Å². The summed E-state index contributed by atoms with van der Waals surface area (Å²) in [6.07, 6.45) is 3.82. The molecular formula is C11H17N3O2. The number of Topliss-reactive ketones (excluding diaryl/α,β-unsaturated/α-hetero) is 1. The van der Waals surface area contributed by atoms with E-state index in [9.17, 15) is 4.79 Å². The van der Waals surface area contributed by atoms with Crippen LogP contribution in [-0.4, -0.2) is 40.9 Å². The normalized spacial score (nSPS) is 25.6.